The lowest BCUT2D eigenvalue weighted by atomic mass is 9.92. The van der Waals surface area contributed by atoms with Crippen molar-refractivity contribution in [1.29, 1.82) is 0 Å². The van der Waals surface area contributed by atoms with E-state index in [1.807, 2.05) is 0 Å². The highest BCUT2D eigenvalue weighted by Gasteiger charge is 2.27. The smallest absolute Gasteiger partial charge is 0.390 e. The molecule has 0 radical (unpaired) electrons. The molecule has 306 valence electrons. The fraction of sp³-hybridized carbons (Fsp3) is 0. The molecule has 0 aliphatic heterocycles. The molecular formula is C60H38O3P2. The molecule has 0 fully saturated rings. The third-order valence-corrected chi connectivity index (χ3v) is 16.3. The first kappa shape index (κ1) is 37.8. The van der Waals surface area contributed by atoms with Gasteiger partial charge in [0.2, 0.25) is 0 Å². The molecule has 0 saturated heterocycles. The molecule has 13 rings (SSSR count). The van der Waals surface area contributed by atoms with Gasteiger partial charge in [0.05, 0.1) is 0 Å². The lowest BCUT2D eigenvalue weighted by Crippen LogP contribution is -2.22. The summed E-state index contributed by atoms with van der Waals surface area (Å²) in [4.78, 5) is 0. The van der Waals surface area contributed by atoms with Crippen LogP contribution in [0.1, 0.15) is 0 Å². The van der Waals surface area contributed by atoms with Gasteiger partial charge < -0.3 is 12.9 Å². The molecule has 65 heavy (non-hydrogen) atoms. The van der Waals surface area contributed by atoms with Crippen LogP contribution in [0.3, 0.4) is 0 Å². The van der Waals surface area contributed by atoms with Crippen molar-refractivity contribution in [2.45, 2.75) is 0 Å². The van der Waals surface area contributed by atoms with Gasteiger partial charge in [-0.25, -0.2) is 0 Å². The zero-order valence-electron chi connectivity index (χ0n) is 35.1. The largest absolute Gasteiger partial charge is 0.453 e. The molecular weight excluding hydrogens is 831 g/mol. The Hall–Kier alpha value is -7.67. The molecule has 0 atom stereocenters. The molecule has 5 heteroatoms. The lowest BCUT2D eigenvalue weighted by molar-refractivity contribution is 0.501. The van der Waals surface area contributed by atoms with Crippen molar-refractivity contribution in [3.8, 4) is 16.9 Å². The molecule has 0 bridgehead atoms. The van der Waals surface area contributed by atoms with Crippen LogP contribution in [-0.2, 0) is 0 Å². The molecule has 1 aromatic heterocycles. The zero-order valence-corrected chi connectivity index (χ0v) is 36.8. The van der Waals surface area contributed by atoms with E-state index < -0.39 is 16.2 Å². The minimum absolute atomic E-state index is 0.698. The first-order valence-electron chi connectivity index (χ1n) is 21.9. The van der Waals surface area contributed by atoms with Crippen molar-refractivity contribution < 1.29 is 12.9 Å². The number of hydrogen-bond acceptors (Lipinski definition) is 3. The second-order valence-electron chi connectivity index (χ2n) is 16.4. The van der Waals surface area contributed by atoms with Gasteiger partial charge in [0.15, 0.2) is 11.2 Å². The van der Waals surface area contributed by atoms with Gasteiger partial charge in [-0.05, 0) is 83.8 Å². The fourth-order valence-corrected chi connectivity index (χ4v) is 13.6. The van der Waals surface area contributed by atoms with Crippen molar-refractivity contribution in [3.05, 3.63) is 231 Å². The molecule has 0 N–H and O–H groups in total. The number of benzene rings is 12. The molecule has 3 nitrogen and oxygen atoms in total. The molecule has 0 aliphatic rings. The summed E-state index contributed by atoms with van der Waals surface area (Å²) in [6, 6.07) is 82.6. The van der Waals surface area contributed by atoms with Crippen LogP contribution >= 0.6 is 16.2 Å². The molecule has 0 saturated carbocycles. The number of hydrogen-bond donors (Lipinski definition) is 0. The van der Waals surface area contributed by atoms with Crippen LogP contribution in [0.25, 0.3) is 97.7 Å². The summed E-state index contributed by atoms with van der Waals surface area (Å²) in [5.74, 6) is 0.698. The second-order valence-corrected chi connectivity index (χ2v) is 19.6. The van der Waals surface area contributed by atoms with E-state index in [0.717, 1.165) is 97.7 Å². The van der Waals surface area contributed by atoms with E-state index in [0.29, 0.717) is 5.75 Å². The van der Waals surface area contributed by atoms with Gasteiger partial charge in [0.25, 0.3) is 0 Å². The van der Waals surface area contributed by atoms with Gasteiger partial charge in [0, 0.05) is 32.7 Å². The summed E-state index contributed by atoms with van der Waals surface area (Å²) >= 11 is 0. The Labute approximate surface area is 377 Å². The SMILES string of the molecule is c1ccc(P(c2ccccc2)c2ccc3ccccc3c2-c2c(Op3oc4c5ccccc5c5ccccc5c4c4c5ccccc5c5ccccc5c4o3)ccc3ccccc23)cc1. The van der Waals surface area contributed by atoms with Crippen LogP contribution in [0.2, 0.25) is 0 Å². The van der Waals surface area contributed by atoms with Gasteiger partial charge in [0.1, 0.15) is 5.75 Å². The number of rotatable bonds is 6. The molecule has 0 aliphatic carbocycles. The van der Waals surface area contributed by atoms with Crippen LogP contribution in [0, 0.1) is 0 Å². The Morgan fingerprint density at radius 2 is 0.677 bits per heavy atom. The number of fused-ring (bicyclic) bond motifs is 15. The molecule has 1 heterocycles. The fourth-order valence-electron chi connectivity index (χ4n) is 10.1. The summed E-state index contributed by atoms with van der Waals surface area (Å²) in [5.41, 5.74) is 3.68. The standard InChI is InChI=1S/C60H38O3P2/c1-3-21-41(22-4-1)64(42-23-5-2-6-24-42)54-38-36-40-20-8-10-26-44(40)56(54)55-43-25-9-7-19-39(43)35-37-53(55)61-65-62-59-51-33-17-13-29-47(51)45-27-11-15-31-49(45)57(59)58-50-32-16-12-28-46(50)48-30-14-18-34-52(48)60(58)63-65/h1-38H. The predicted octanol–water partition coefficient (Wildman–Crippen LogP) is 16.5. The van der Waals surface area contributed by atoms with E-state index in [-0.39, 0.29) is 0 Å². The average molecular weight is 869 g/mol. The van der Waals surface area contributed by atoms with E-state index in [9.17, 15) is 0 Å². The van der Waals surface area contributed by atoms with Crippen LogP contribution in [0.4, 0.5) is 0 Å². The third-order valence-electron chi connectivity index (χ3n) is 12.8. The predicted molar refractivity (Wildman–Crippen MR) is 278 cm³/mol. The summed E-state index contributed by atoms with van der Waals surface area (Å²) in [6.45, 7) is 0. The molecule has 0 unspecified atom stereocenters. The van der Waals surface area contributed by atoms with Gasteiger partial charge in [-0.1, -0.05) is 224 Å². The molecule has 0 amide bonds. The highest BCUT2D eigenvalue weighted by Crippen LogP contribution is 2.51. The Bertz CT molecular complexity index is 3870. The van der Waals surface area contributed by atoms with E-state index in [1.165, 1.54) is 15.9 Å². The Kier molecular flexibility index (Phi) is 9.05. The quantitative estimate of drug-likeness (QED) is 0.123. The van der Waals surface area contributed by atoms with Crippen molar-refractivity contribution in [1.82, 2.24) is 0 Å². The average Bonchev–Trinajstić information content (AvgIpc) is 3.55. The topological polar surface area (TPSA) is 35.5 Å². The Morgan fingerprint density at radius 3 is 1.17 bits per heavy atom. The summed E-state index contributed by atoms with van der Waals surface area (Å²) in [7, 11) is -3.13. The molecule has 0 spiro atoms. The minimum atomic E-state index is -2.12. The minimum Gasteiger partial charge on any atom is -0.390 e. The molecule has 12 aromatic carbocycles. The van der Waals surface area contributed by atoms with Crippen molar-refractivity contribution in [3.63, 3.8) is 0 Å². The Balaban J connectivity index is 1.17. The lowest BCUT2D eigenvalue weighted by Gasteiger charge is -2.25. The van der Waals surface area contributed by atoms with E-state index in [2.05, 4.69) is 231 Å². The summed E-state index contributed by atoms with van der Waals surface area (Å²) in [6.07, 6.45) is 0. The maximum Gasteiger partial charge on any atom is 0.453 e. The maximum absolute atomic E-state index is 7.49. The monoisotopic (exact) mass is 868 g/mol. The highest BCUT2D eigenvalue weighted by molar-refractivity contribution is 7.80. The van der Waals surface area contributed by atoms with Crippen molar-refractivity contribution in [2.24, 2.45) is 0 Å². The van der Waals surface area contributed by atoms with Crippen LogP contribution in [-0.4, -0.2) is 0 Å². The van der Waals surface area contributed by atoms with Crippen molar-refractivity contribution >= 4 is 119 Å². The van der Waals surface area contributed by atoms with Gasteiger partial charge >= 0.3 is 8.24 Å². The summed E-state index contributed by atoms with van der Waals surface area (Å²) < 4.78 is 22.3. The maximum atomic E-state index is 7.49. The van der Waals surface area contributed by atoms with E-state index >= 15 is 0 Å². The van der Waals surface area contributed by atoms with Crippen molar-refractivity contribution in [2.75, 3.05) is 0 Å². The first-order valence-corrected chi connectivity index (χ1v) is 24.4. The normalized spacial score (nSPS) is 11.8. The Morgan fingerprint density at radius 1 is 0.308 bits per heavy atom. The van der Waals surface area contributed by atoms with Gasteiger partial charge in [-0.15, -0.1) is 0 Å². The zero-order chi connectivity index (χ0) is 42.8. The van der Waals surface area contributed by atoms with Crippen LogP contribution in [0.15, 0.2) is 239 Å². The van der Waals surface area contributed by atoms with E-state index in [4.69, 9.17) is 12.9 Å². The van der Waals surface area contributed by atoms with Gasteiger partial charge in [-0.3, -0.25) is 0 Å². The van der Waals surface area contributed by atoms with Crippen LogP contribution < -0.4 is 20.4 Å². The second kappa shape index (κ2) is 15.5. The van der Waals surface area contributed by atoms with Gasteiger partial charge in [-0.2, -0.15) is 0 Å². The van der Waals surface area contributed by atoms with Crippen LogP contribution in [0.5, 0.6) is 5.75 Å². The summed E-state index contributed by atoms with van der Waals surface area (Å²) in [5, 5.41) is 19.1. The first-order chi connectivity index (χ1) is 32.3. The highest BCUT2D eigenvalue weighted by atomic mass is 31.1. The third kappa shape index (κ3) is 6.16. The van der Waals surface area contributed by atoms with E-state index in [1.54, 1.807) is 0 Å². The molecule has 13 aromatic rings.